The lowest BCUT2D eigenvalue weighted by Gasteiger charge is -2.27. The molecule has 4 aromatic carbocycles. The highest BCUT2D eigenvalue weighted by Crippen LogP contribution is 2.48. The van der Waals surface area contributed by atoms with E-state index in [2.05, 4.69) is 60.7 Å². The molecule has 2 nitrogen and oxygen atoms in total. The number of hydrogen-bond acceptors (Lipinski definition) is 2. The fourth-order valence-corrected chi connectivity index (χ4v) is 4.30. The number of fused-ring (bicyclic) bond motifs is 7. The lowest BCUT2D eigenvalue weighted by atomic mass is 9.85. The van der Waals surface area contributed by atoms with E-state index in [9.17, 15) is 5.11 Å². The van der Waals surface area contributed by atoms with E-state index in [1.165, 1.54) is 16.3 Å². The molecule has 5 rings (SSSR count). The maximum atomic E-state index is 11.2. The minimum atomic E-state index is -1.35. The second-order valence-electron chi connectivity index (χ2n) is 7.20. The van der Waals surface area contributed by atoms with E-state index in [0.29, 0.717) is 0 Å². The Hall–Kier alpha value is -2.68. The molecule has 4 aromatic rings. The smallest absolute Gasteiger partial charge is 0.190 e. The Labute approximate surface area is 152 Å². The van der Waals surface area contributed by atoms with Gasteiger partial charge >= 0.3 is 0 Å². The summed E-state index contributed by atoms with van der Waals surface area (Å²) in [6.45, 7) is 3.75. The largest absolute Gasteiger partial charge is 0.362 e. The lowest BCUT2D eigenvalue weighted by Crippen LogP contribution is -2.25. The van der Waals surface area contributed by atoms with E-state index >= 15 is 0 Å². The van der Waals surface area contributed by atoms with Gasteiger partial charge in [-0.1, -0.05) is 72.8 Å². The molecule has 0 saturated heterocycles. The van der Waals surface area contributed by atoms with Gasteiger partial charge in [0, 0.05) is 5.56 Å². The van der Waals surface area contributed by atoms with Crippen molar-refractivity contribution in [1.29, 1.82) is 0 Å². The SMILES string of the molecule is CC1OC(C)(O)c2ccc3ccccc3c2-c2c1ccc1ccccc21. The Balaban J connectivity index is 2.04. The van der Waals surface area contributed by atoms with Crippen molar-refractivity contribution in [3.8, 4) is 11.1 Å². The third-order valence-electron chi connectivity index (χ3n) is 5.48. The minimum Gasteiger partial charge on any atom is -0.362 e. The Kier molecular flexibility index (Phi) is 3.24. The normalized spacial score (nSPS) is 22.0. The third kappa shape index (κ3) is 2.13. The van der Waals surface area contributed by atoms with Crippen LogP contribution in [0, 0.1) is 0 Å². The Morgan fingerprint density at radius 2 is 1.35 bits per heavy atom. The van der Waals surface area contributed by atoms with E-state index in [1.54, 1.807) is 6.92 Å². The number of benzene rings is 4. The first-order chi connectivity index (χ1) is 12.6. The number of rotatable bonds is 0. The predicted octanol–water partition coefficient (Wildman–Crippen LogP) is 5.92. The van der Waals surface area contributed by atoms with E-state index < -0.39 is 5.79 Å². The second-order valence-corrected chi connectivity index (χ2v) is 7.20. The fourth-order valence-electron chi connectivity index (χ4n) is 4.30. The molecule has 0 fully saturated rings. The first-order valence-electron chi connectivity index (χ1n) is 9.01. The van der Waals surface area contributed by atoms with Crippen LogP contribution in [0.4, 0.5) is 0 Å². The van der Waals surface area contributed by atoms with Gasteiger partial charge in [-0.15, -0.1) is 0 Å². The summed E-state index contributed by atoms with van der Waals surface area (Å²) in [7, 11) is 0. The highest BCUT2D eigenvalue weighted by molar-refractivity contribution is 6.08. The molecule has 2 heteroatoms. The molecule has 1 aliphatic rings. The summed E-state index contributed by atoms with van der Waals surface area (Å²) in [6, 6.07) is 25.1. The monoisotopic (exact) mass is 340 g/mol. The lowest BCUT2D eigenvalue weighted by molar-refractivity contribution is -0.223. The number of ether oxygens (including phenoxy) is 1. The molecule has 0 aromatic heterocycles. The van der Waals surface area contributed by atoms with Gasteiger partial charge in [-0.3, -0.25) is 0 Å². The summed E-state index contributed by atoms with van der Waals surface area (Å²) in [5.41, 5.74) is 4.17. The average molecular weight is 340 g/mol. The molecule has 2 atom stereocenters. The molecule has 26 heavy (non-hydrogen) atoms. The van der Waals surface area contributed by atoms with Gasteiger partial charge in [0.05, 0.1) is 6.10 Å². The quantitative estimate of drug-likeness (QED) is 0.431. The maximum Gasteiger partial charge on any atom is 0.190 e. The van der Waals surface area contributed by atoms with Crippen LogP contribution in [-0.2, 0) is 10.5 Å². The Bertz CT molecular complexity index is 1160. The van der Waals surface area contributed by atoms with Crippen LogP contribution in [0.25, 0.3) is 32.7 Å². The molecule has 1 heterocycles. The van der Waals surface area contributed by atoms with Gasteiger partial charge in [0.25, 0.3) is 0 Å². The molecule has 1 aliphatic heterocycles. The molecule has 0 saturated carbocycles. The van der Waals surface area contributed by atoms with E-state index in [-0.39, 0.29) is 6.10 Å². The van der Waals surface area contributed by atoms with Gasteiger partial charge in [-0.2, -0.15) is 0 Å². The summed E-state index contributed by atoms with van der Waals surface area (Å²) < 4.78 is 6.10. The number of hydrogen-bond donors (Lipinski definition) is 1. The van der Waals surface area contributed by atoms with Gasteiger partial charge in [0.15, 0.2) is 5.79 Å². The third-order valence-corrected chi connectivity index (χ3v) is 5.48. The van der Waals surface area contributed by atoms with Gasteiger partial charge in [0.2, 0.25) is 0 Å². The molecule has 2 unspecified atom stereocenters. The zero-order chi connectivity index (χ0) is 17.9. The highest BCUT2D eigenvalue weighted by atomic mass is 16.6. The molecule has 0 bridgehead atoms. The van der Waals surface area contributed by atoms with Crippen LogP contribution in [0.1, 0.15) is 31.1 Å². The number of aliphatic hydroxyl groups is 1. The van der Waals surface area contributed by atoms with Crippen LogP contribution in [-0.4, -0.2) is 5.11 Å². The van der Waals surface area contributed by atoms with Gasteiger partial charge in [0.1, 0.15) is 0 Å². The standard InChI is InChI=1S/C24H20O2/c1-15-18-13-11-16-7-3-5-9-19(16)22(18)23-20-10-6-4-8-17(20)12-14-21(23)24(2,25)26-15/h3-15,25H,1-2H3. The van der Waals surface area contributed by atoms with Crippen LogP contribution in [0.3, 0.4) is 0 Å². The van der Waals surface area contributed by atoms with Crippen LogP contribution < -0.4 is 0 Å². The summed E-state index contributed by atoms with van der Waals surface area (Å²) in [5, 5.41) is 15.8. The van der Waals surface area contributed by atoms with E-state index in [4.69, 9.17) is 4.74 Å². The first-order valence-corrected chi connectivity index (χ1v) is 9.01. The Morgan fingerprint density at radius 1 is 0.769 bits per heavy atom. The molecular weight excluding hydrogens is 320 g/mol. The van der Waals surface area contributed by atoms with Gasteiger partial charge in [-0.05, 0) is 52.1 Å². The second kappa shape index (κ2) is 5.41. The molecule has 1 N–H and O–H groups in total. The van der Waals surface area contributed by atoms with Crippen LogP contribution >= 0.6 is 0 Å². The zero-order valence-electron chi connectivity index (χ0n) is 14.9. The summed E-state index contributed by atoms with van der Waals surface area (Å²) in [5.74, 6) is -1.35. The highest BCUT2D eigenvalue weighted by Gasteiger charge is 2.36. The maximum absolute atomic E-state index is 11.2. The Morgan fingerprint density at radius 3 is 2.04 bits per heavy atom. The summed E-state index contributed by atoms with van der Waals surface area (Å²) in [6.07, 6.45) is -0.212. The average Bonchev–Trinajstić information content (AvgIpc) is 2.74. The summed E-state index contributed by atoms with van der Waals surface area (Å²) in [4.78, 5) is 0. The van der Waals surface area contributed by atoms with Crippen LogP contribution in [0.15, 0.2) is 72.8 Å². The molecule has 0 radical (unpaired) electrons. The molecule has 0 aliphatic carbocycles. The van der Waals surface area contributed by atoms with Crippen molar-refractivity contribution >= 4 is 21.5 Å². The van der Waals surface area contributed by atoms with Crippen molar-refractivity contribution in [2.75, 3.05) is 0 Å². The summed E-state index contributed by atoms with van der Waals surface area (Å²) >= 11 is 0. The predicted molar refractivity (Wildman–Crippen MR) is 106 cm³/mol. The molecule has 0 amide bonds. The molecule has 0 spiro atoms. The topological polar surface area (TPSA) is 29.5 Å². The minimum absolute atomic E-state index is 0.212. The van der Waals surface area contributed by atoms with Crippen molar-refractivity contribution < 1.29 is 9.84 Å². The van der Waals surface area contributed by atoms with E-state index in [1.807, 2.05) is 19.1 Å². The van der Waals surface area contributed by atoms with Crippen LogP contribution in [0.2, 0.25) is 0 Å². The van der Waals surface area contributed by atoms with Gasteiger partial charge < -0.3 is 9.84 Å². The van der Waals surface area contributed by atoms with Crippen molar-refractivity contribution in [3.63, 3.8) is 0 Å². The van der Waals surface area contributed by atoms with Crippen molar-refractivity contribution in [2.45, 2.75) is 25.7 Å². The van der Waals surface area contributed by atoms with Crippen molar-refractivity contribution in [1.82, 2.24) is 0 Å². The van der Waals surface area contributed by atoms with Crippen molar-refractivity contribution in [2.24, 2.45) is 0 Å². The van der Waals surface area contributed by atoms with E-state index in [0.717, 1.165) is 27.5 Å². The zero-order valence-corrected chi connectivity index (χ0v) is 14.9. The fraction of sp³-hybridized carbons (Fsp3) is 0.167. The van der Waals surface area contributed by atoms with Crippen LogP contribution in [0.5, 0.6) is 0 Å². The van der Waals surface area contributed by atoms with Crippen molar-refractivity contribution in [3.05, 3.63) is 83.9 Å². The van der Waals surface area contributed by atoms with Gasteiger partial charge in [-0.25, -0.2) is 0 Å². The molecule has 128 valence electrons. The molecular formula is C24H20O2. The first kappa shape index (κ1) is 15.6.